The van der Waals surface area contributed by atoms with E-state index in [1.165, 1.54) is 11.1 Å². The van der Waals surface area contributed by atoms with Crippen molar-refractivity contribution in [2.24, 2.45) is 0 Å². The summed E-state index contributed by atoms with van der Waals surface area (Å²) in [5.41, 5.74) is 2.68. The van der Waals surface area contributed by atoms with E-state index < -0.39 is 6.10 Å². The van der Waals surface area contributed by atoms with Crippen molar-refractivity contribution in [1.29, 1.82) is 0 Å². The van der Waals surface area contributed by atoms with Gasteiger partial charge in [0.25, 0.3) is 0 Å². The molecule has 0 spiro atoms. The lowest BCUT2D eigenvalue weighted by Crippen LogP contribution is -2.33. The number of aliphatic hydroxyl groups is 1. The van der Waals surface area contributed by atoms with Crippen LogP contribution in [0.4, 0.5) is 0 Å². The Hall–Kier alpha value is -0.940. The van der Waals surface area contributed by atoms with E-state index in [0.717, 1.165) is 19.5 Å². The van der Waals surface area contributed by atoms with Crippen molar-refractivity contribution in [3.05, 3.63) is 35.4 Å². The van der Waals surface area contributed by atoms with Crippen molar-refractivity contribution in [2.75, 3.05) is 26.8 Å². The van der Waals surface area contributed by atoms with Crippen molar-refractivity contribution in [2.45, 2.75) is 25.1 Å². The van der Waals surface area contributed by atoms with Crippen molar-refractivity contribution < 1.29 is 9.84 Å². The highest BCUT2D eigenvalue weighted by molar-refractivity contribution is 5.30. The molecule has 0 bridgehead atoms. The second-order valence-electron chi connectivity index (χ2n) is 4.73. The lowest BCUT2D eigenvalue weighted by molar-refractivity contribution is 0.0625. The predicted molar refractivity (Wildman–Crippen MR) is 71.4 cm³/mol. The zero-order chi connectivity index (χ0) is 12.8. The molecule has 0 saturated heterocycles. The molecule has 2 atom stereocenters. The van der Waals surface area contributed by atoms with E-state index >= 15 is 0 Å². The molecule has 0 fully saturated rings. The third kappa shape index (κ3) is 3.53. The number of hydrogen-bond acceptors (Lipinski definition) is 4. The summed E-state index contributed by atoms with van der Waals surface area (Å²) in [5.74, 6) is 0. The van der Waals surface area contributed by atoms with E-state index in [0.29, 0.717) is 19.2 Å². The molecule has 1 aliphatic rings. The Kier molecular flexibility index (Phi) is 5.13. The zero-order valence-electron chi connectivity index (χ0n) is 10.9. The van der Waals surface area contributed by atoms with Gasteiger partial charge in [-0.1, -0.05) is 24.3 Å². The van der Waals surface area contributed by atoms with Crippen LogP contribution in [0.1, 0.15) is 23.6 Å². The SMILES string of the molecule is COCC(O)CNC1CCNCc2ccccc21. The largest absolute Gasteiger partial charge is 0.389 e. The highest BCUT2D eigenvalue weighted by atomic mass is 16.5. The van der Waals surface area contributed by atoms with Crippen LogP contribution in [0.2, 0.25) is 0 Å². The number of hydrogen-bond donors (Lipinski definition) is 3. The van der Waals surface area contributed by atoms with Crippen molar-refractivity contribution in [1.82, 2.24) is 10.6 Å². The predicted octanol–water partition coefficient (Wildman–Crippen LogP) is 0.818. The maximum atomic E-state index is 9.69. The average molecular weight is 250 g/mol. The average Bonchev–Trinajstić information content (AvgIpc) is 2.59. The Balaban J connectivity index is 1.99. The van der Waals surface area contributed by atoms with Crippen LogP contribution in [-0.2, 0) is 11.3 Å². The quantitative estimate of drug-likeness (QED) is 0.724. The zero-order valence-corrected chi connectivity index (χ0v) is 10.9. The van der Waals surface area contributed by atoms with Gasteiger partial charge in [-0.05, 0) is 24.1 Å². The van der Waals surface area contributed by atoms with Crippen molar-refractivity contribution in [3.63, 3.8) is 0 Å². The summed E-state index contributed by atoms with van der Waals surface area (Å²) >= 11 is 0. The molecule has 0 aromatic heterocycles. The number of methoxy groups -OCH3 is 1. The Labute approximate surface area is 108 Å². The number of nitrogens with one attached hydrogen (secondary N) is 2. The van der Waals surface area contributed by atoms with Crippen molar-refractivity contribution in [3.8, 4) is 0 Å². The van der Waals surface area contributed by atoms with E-state index in [-0.39, 0.29) is 0 Å². The van der Waals surface area contributed by atoms with Gasteiger partial charge in [0.05, 0.1) is 12.7 Å². The molecule has 4 heteroatoms. The molecular formula is C14H22N2O2. The van der Waals surface area contributed by atoms with Crippen LogP contribution in [0.15, 0.2) is 24.3 Å². The molecule has 1 aromatic rings. The van der Waals surface area contributed by atoms with Crippen LogP contribution in [0, 0.1) is 0 Å². The van der Waals surface area contributed by atoms with Crippen LogP contribution in [0.5, 0.6) is 0 Å². The van der Waals surface area contributed by atoms with Gasteiger partial charge in [0.15, 0.2) is 0 Å². The summed E-state index contributed by atoms with van der Waals surface area (Å²) in [7, 11) is 1.61. The van der Waals surface area contributed by atoms with E-state index in [4.69, 9.17) is 4.74 Å². The van der Waals surface area contributed by atoms with E-state index in [2.05, 4.69) is 34.9 Å². The number of ether oxygens (including phenoxy) is 1. The highest BCUT2D eigenvalue weighted by Crippen LogP contribution is 2.23. The number of benzene rings is 1. The Morgan fingerprint density at radius 2 is 2.33 bits per heavy atom. The van der Waals surface area contributed by atoms with Gasteiger partial charge in [-0.15, -0.1) is 0 Å². The summed E-state index contributed by atoms with van der Waals surface area (Å²) in [6, 6.07) is 8.78. The van der Waals surface area contributed by atoms with Gasteiger partial charge in [-0.2, -0.15) is 0 Å². The molecule has 1 heterocycles. The molecule has 0 saturated carbocycles. The number of fused-ring (bicyclic) bond motifs is 1. The molecule has 2 unspecified atom stereocenters. The van der Waals surface area contributed by atoms with Crippen LogP contribution < -0.4 is 10.6 Å². The van der Waals surface area contributed by atoms with E-state index in [1.54, 1.807) is 7.11 Å². The standard InChI is InChI=1S/C14H22N2O2/c1-18-10-12(17)9-16-14-6-7-15-8-11-4-2-3-5-13(11)14/h2-5,12,14-17H,6-10H2,1H3. The molecule has 1 aromatic carbocycles. The maximum Gasteiger partial charge on any atom is 0.0897 e. The third-order valence-corrected chi connectivity index (χ3v) is 3.31. The van der Waals surface area contributed by atoms with Crippen LogP contribution in [0.25, 0.3) is 0 Å². The summed E-state index contributed by atoms with van der Waals surface area (Å²) in [6.07, 6.45) is 0.592. The Bertz CT molecular complexity index is 371. The Morgan fingerprint density at radius 1 is 1.50 bits per heavy atom. The summed E-state index contributed by atoms with van der Waals surface area (Å²) in [5, 5.41) is 16.5. The molecule has 3 N–H and O–H groups in total. The first-order chi connectivity index (χ1) is 8.81. The summed E-state index contributed by atoms with van der Waals surface area (Å²) in [4.78, 5) is 0. The normalized spacial score (nSPS) is 21.1. The van der Waals surface area contributed by atoms with Gasteiger partial charge < -0.3 is 20.5 Å². The number of aliphatic hydroxyl groups excluding tert-OH is 1. The molecule has 18 heavy (non-hydrogen) atoms. The topological polar surface area (TPSA) is 53.5 Å². The van der Waals surface area contributed by atoms with Gasteiger partial charge in [0, 0.05) is 26.2 Å². The summed E-state index contributed by atoms with van der Waals surface area (Å²) < 4.78 is 4.94. The van der Waals surface area contributed by atoms with Crippen molar-refractivity contribution >= 4 is 0 Å². The Morgan fingerprint density at radius 3 is 3.17 bits per heavy atom. The number of rotatable bonds is 5. The van der Waals surface area contributed by atoms with Gasteiger partial charge in [0.1, 0.15) is 0 Å². The molecular weight excluding hydrogens is 228 g/mol. The van der Waals surface area contributed by atoms with Gasteiger partial charge in [0.2, 0.25) is 0 Å². The summed E-state index contributed by atoms with van der Waals surface area (Å²) in [6.45, 7) is 2.86. The lowest BCUT2D eigenvalue weighted by atomic mass is 9.99. The molecule has 0 aliphatic carbocycles. The van der Waals surface area contributed by atoms with Crippen LogP contribution in [0.3, 0.4) is 0 Å². The third-order valence-electron chi connectivity index (χ3n) is 3.31. The molecule has 0 radical (unpaired) electrons. The monoisotopic (exact) mass is 250 g/mol. The maximum absolute atomic E-state index is 9.69. The van der Waals surface area contributed by atoms with Gasteiger partial charge >= 0.3 is 0 Å². The first-order valence-electron chi connectivity index (χ1n) is 6.50. The van der Waals surface area contributed by atoms with Crippen LogP contribution >= 0.6 is 0 Å². The van der Waals surface area contributed by atoms with E-state index in [1.807, 2.05) is 0 Å². The molecule has 100 valence electrons. The first kappa shape index (κ1) is 13.5. The smallest absolute Gasteiger partial charge is 0.0897 e. The van der Waals surface area contributed by atoms with Gasteiger partial charge in [-0.3, -0.25) is 0 Å². The van der Waals surface area contributed by atoms with Gasteiger partial charge in [-0.25, -0.2) is 0 Å². The second-order valence-corrected chi connectivity index (χ2v) is 4.73. The molecule has 2 rings (SSSR count). The molecule has 4 nitrogen and oxygen atoms in total. The molecule has 1 aliphatic heterocycles. The molecule has 0 amide bonds. The fourth-order valence-corrected chi connectivity index (χ4v) is 2.40. The van der Waals surface area contributed by atoms with E-state index in [9.17, 15) is 5.11 Å². The minimum atomic E-state index is -0.446. The van der Waals surface area contributed by atoms with Crippen LogP contribution in [-0.4, -0.2) is 38.0 Å². The minimum Gasteiger partial charge on any atom is -0.389 e. The second kappa shape index (κ2) is 6.85. The fraction of sp³-hybridized carbons (Fsp3) is 0.571. The minimum absolute atomic E-state index is 0.308. The lowest BCUT2D eigenvalue weighted by Gasteiger charge is -2.20. The first-order valence-corrected chi connectivity index (χ1v) is 6.50. The highest BCUT2D eigenvalue weighted by Gasteiger charge is 2.18. The fourth-order valence-electron chi connectivity index (χ4n) is 2.40.